The van der Waals surface area contributed by atoms with Gasteiger partial charge in [0.25, 0.3) is 0 Å². The van der Waals surface area contributed by atoms with Crippen LogP contribution < -0.4 is 0 Å². The Morgan fingerprint density at radius 3 is 2.11 bits per heavy atom. The van der Waals surface area contributed by atoms with Crippen molar-refractivity contribution in [2.45, 2.75) is 10.6 Å². The number of rotatable bonds is 7. The molecule has 1 saturated heterocycles. The van der Waals surface area contributed by atoms with E-state index in [1.54, 1.807) is 65.2 Å². The second-order valence-corrected chi connectivity index (χ2v) is 9.94. The van der Waals surface area contributed by atoms with Crippen molar-refractivity contribution in [1.29, 1.82) is 0 Å². The Labute approximate surface area is 207 Å². The summed E-state index contributed by atoms with van der Waals surface area (Å²) in [5.74, 6) is -1.43. The first-order valence-corrected chi connectivity index (χ1v) is 12.4. The first kappa shape index (κ1) is 23.1. The van der Waals surface area contributed by atoms with E-state index < -0.39 is 39.3 Å². The van der Waals surface area contributed by atoms with Crippen LogP contribution in [-0.2, 0) is 20.3 Å². The van der Waals surface area contributed by atoms with Crippen LogP contribution in [0.1, 0.15) is 26.1 Å². The second-order valence-electron chi connectivity index (χ2n) is 7.84. The van der Waals surface area contributed by atoms with Crippen LogP contribution in [0.3, 0.4) is 0 Å². The normalized spacial score (nSPS) is 21.3. The van der Waals surface area contributed by atoms with Crippen molar-refractivity contribution in [1.82, 2.24) is 19.5 Å². The van der Waals surface area contributed by atoms with Crippen molar-refractivity contribution in [3.05, 3.63) is 89.6 Å². The molecule has 2 aromatic carbocycles. The van der Waals surface area contributed by atoms with Crippen LogP contribution in [0.5, 0.6) is 0 Å². The Balaban J connectivity index is 1.37. The van der Waals surface area contributed by atoms with Crippen molar-refractivity contribution in [2.24, 2.45) is 5.92 Å². The third kappa shape index (κ3) is 4.54. The molecule has 1 aliphatic rings. The molecular weight excluding hydrogens is 492 g/mol. The summed E-state index contributed by atoms with van der Waals surface area (Å²) < 4.78 is 26.0. The van der Waals surface area contributed by atoms with Gasteiger partial charge in [-0.2, -0.15) is 0 Å². The average molecular weight is 511 g/mol. The first-order valence-electron chi connectivity index (χ1n) is 10.7. The third-order valence-electron chi connectivity index (χ3n) is 5.77. The highest BCUT2D eigenvalue weighted by Crippen LogP contribution is 2.43. The molecule has 35 heavy (non-hydrogen) atoms. The minimum absolute atomic E-state index is 0.0316. The Morgan fingerprint density at radius 1 is 0.886 bits per heavy atom. The monoisotopic (exact) mass is 510 g/mol. The predicted octanol–water partition coefficient (Wildman–Crippen LogP) is 3.44. The van der Waals surface area contributed by atoms with E-state index in [1.165, 1.54) is 12.7 Å². The SMILES string of the molecule is O=C(OC[C@@H]1[C@H](n2cnc3c(Cl)ncnc32)S(=O)[C@H]1COC(=O)c1ccccc1)c1ccccc1. The van der Waals surface area contributed by atoms with Crippen LogP contribution in [0.4, 0.5) is 0 Å². The lowest BCUT2D eigenvalue weighted by molar-refractivity contribution is 0.0308. The summed E-state index contributed by atoms with van der Waals surface area (Å²) in [5, 5.41) is -0.972. The Bertz CT molecular complexity index is 1400. The number of fused-ring (bicyclic) bond motifs is 1. The summed E-state index contributed by atoms with van der Waals surface area (Å²) in [6, 6.07) is 17.1. The van der Waals surface area contributed by atoms with Crippen LogP contribution in [-0.4, -0.2) is 54.1 Å². The molecule has 4 aromatic rings. The van der Waals surface area contributed by atoms with Gasteiger partial charge in [-0.15, -0.1) is 0 Å². The minimum atomic E-state index is -1.47. The standard InChI is InChI=1S/C24H19ClN4O5S/c25-20-19-21(27-13-26-20)29(14-28-19)22-17(11-33-23(30)15-7-3-1-4-8-15)18(35(22)32)12-34-24(31)16-9-5-2-6-10-16/h1-10,13-14,17-18,22H,11-12H2/t17-,18-,22+,35?/m0/s1. The molecule has 9 nitrogen and oxygen atoms in total. The van der Waals surface area contributed by atoms with E-state index in [0.717, 1.165) is 0 Å². The topological polar surface area (TPSA) is 113 Å². The highest BCUT2D eigenvalue weighted by molar-refractivity contribution is 7.87. The van der Waals surface area contributed by atoms with Gasteiger partial charge in [0.05, 0.1) is 40.1 Å². The lowest BCUT2D eigenvalue weighted by Gasteiger charge is -2.43. The molecule has 0 saturated carbocycles. The van der Waals surface area contributed by atoms with Crippen molar-refractivity contribution in [3.63, 3.8) is 0 Å². The molecular formula is C24H19ClN4O5S. The van der Waals surface area contributed by atoms with E-state index in [2.05, 4.69) is 15.0 Å². The van der Waals surface area contributed by atoms with Crippen LogP contribution in [0.15, 0.2) is 73.3 Å². The molecule has 4 atom stereocenters. The minimum Gasteiger partial charge on any atom is -0.462 e. The highest BCUT2D eigenvalue weighted by atomic mass is 35.5. The van der Waals surface area contributed by atoms with Crippen molar-refractivity contribution in [3.8, 4) is 0 Å². The fourth-order valence-electron chi connectivity index (χ4n) is 3.97. The first-order chi connectivity index (χ1) is 17.0. The van der Waals surface area contributed by atoms with E-state index in [0.29, 0.717) is 22.3 Å². The molecule has 1 aliphatic heterocycles. The summed E-state index contributed by atoms with van der Waals surface area (Å²) in [6.07, 6.45) is 2.79. The Morgan fingerprint density at radius 2 is 1.49 bits per heavy atom. The molecule has 1 unspecified atom stereocenters. The van der Waals surface area contributed by atoms with Crippen LogP contribution in [0.2, 0.25) is 5.15 Å². The van der Waals surface area contributed by atoms with Gasteiger partial charge in [-0.1, -0.05) is 48.0 Å². The van der Waals surface area contributed by atoms with Gasteiger partial charge in [-0.05, 0) is 24.3 Å². The van der Waals surface area contributed by atoms with Gasteiger partial charge < -0.3 is 9.47 Å². The maximum Gasteiger partial charge on any atom is 0.338 e. The number of halogens is 1. The number of carbonyl (C=O) groups is 2. The number of aromatic nitrogens is 4. The number of hydrogen-bond acceptors (Lipinski definition) is 8. The number of hydrogen-bond donors (Lipinski definition) is 0. The van der Waals surface area contributed by atoms with E-state index >= 15 is 0 Å². The Hall–Kier alpha value is -3.63. The van der Waals surface area contributed by atoms with Gasteiger partial charge in [0, 0.05) is 5.92 Å². The molecule has 0 aliphatic carbocycles. The zero-order valence-electron chi connectivity index (χ0n) is 18.2. The fraction of sp³-hybridized carbons (Fsp3) is 0.208. The van der Waals surface area contributed by atoms with Crippen molar-refractivity contribution in [2.75, 3.05) is 13.2 Å². The van der Waals surface area contributed by atoms with Crippen molar-refractivity contribution < 1.29 is 23.3 Å². The van der Waals surface area contributed by atoms with Gasteiger partial charge in [0.15, 0.2) is 10.8 Å². The summed E-state index contributed by atoms with van der Waals surface area (Å²) in [5.41, 5.74) is 1.60. The number of esters is 2. The van der Waals surface area contributed by atoms with Gasteiger partial charge in [0.2, 0.25) is 0 Å². The molecule has 0 N–H and O–H groups in total. The Kier molecular flexibility index (Phi) is 6.56. The van der Waals surface area contributed by atoms with E-state index in [4.69, 9.17) is 21.1 Å². The number of benzene rings is 2. The molecule has 11 heteroatoms. The zero-order valence-corrected chi connectivity index (χ0v) is 19.8. The smallest absolute Gasteiger partial charge is 0.338 e. The summed E-state index contributed by atoms with van der Waals surface area (Å²) in [7, 11) is -1.47. The molecule has 5 rings (SSSR count). The molecule has 1 fully saturated rings. The summed E-state index contributed by atoms with van der Waals surface area (Å²) in [4.78, 5) is 37.4. The summed E-state index contributed by atoms with van der Waals surface area (Å²) >= 11 is 6.12. The van der Waals surface area contributed by atoms with Crippen LogP contribution >= 0.6 is 11.6 Å². The van der Waals surface area contributed by atoms with Gasteiger partial charge in [-0.25, -0.2) is 24.5 Å². The summed E-state index contributed by atoms with van der Waals surface area (Å²) in [6.45, 7) is -0.122. The van der Waals surface area contributed by atoms with Gasteiger partial charge >= 0.3 is 11.9 Å². The molecule has 0 radical (unpaired) electrons. The lowest BCUT2D eigenvalue weighted by Crippen LogP contribution is -2.53. The molecule has 2 aromatic heterocycles. The van der Waals surface area contributed by atoms with E-state index in [-0.39, 0.29) is 18.4 Å². The quantitative estimate of drug-likeness (QED) is 0.274. The van der Waals surface area contributed by atoms with Gasteiger partial charge in [0.1, 0.15) is 23.8 Å². The highest BCUT2D eigenvalue weighted by Gasteiger charge is 2.51. The maximum absolute atomic E-state index is 13.3. The van der Waals surface area contributed by atoms with Gasteiger partial charge in [-0.3, -0.25) is 8.78 Å². The molecule has 0 bridgehead atoms. The van der Waals surface area contributed by atoms with Crippen molar-refractivity contribution >= 4 is 45.5 Å². The second kappa shape index (κ2) is 9.93. The number of imidazole rings is 1. The molecule has 178 valence electrons. The third-order valence-corrected chi connectivity index (χ3v) is 8.18. The zero-order chi connectivity index (χ0) is 24.4. The number of ether oxygens (including phenoxy) is 2. The van der Waals surface area contributed by atoms with Crippen LogP contribution in [0, 0.1) is 5.92 Å². The number of nitrogens with zero attached hydrogens (tertiary/aromatic N) is 4. The van der Waals surface area contributed by atoms with E-state index in [9.17, 15) is 13.8 Å². The molecule has 0 amide bonds. The number of carbonyl (C=O) groups excluding carboxylic acids is 2. The lowest BCUT2D eigenvalue weighted by atomic mass is 10.0. The van der Waals surface area contributed by atoms with Crippen LogP contribution in [0.25, 0.3) is 11.2 Å². The maximum atomic E-state index is 13.3. The average Bonchev–Trinajstić information content (AvgIpc) is 3.31. The fourth-order valence-corrected chi connectivity index (χ4v) is 6.00. The molecule has 3 heterocycles. The largest absolute Gasteiger partial charge is 0.462 e. The van der Waals surface area contributed by atoms with E-state index in [1.807, 2.05) is 0 Å². The predicted molar refractivity (Wildman–Crippen MR) is 128 cm³/mol. The molecule has 0 spiro atoms.